The fraction of sp³-hybridized carbons (Fsp3) is 0.273. The maximum atomic E-state index is 13.1. The molecule has 100 valence electrons. The van der Waals surface area contributed by atoms with E-state index in [2.05, 4.69) is 19.4 Å². The molecule has 8 heteroatoms. The fourth-order valence-electron chi connectivity index (χ4n) is 1.79. The number of hydrogen-bond donors (Lipinski definition) is 1. The Kier molecular flexibility index (Phi) is 2.63. The van der Waals surface area contributed by atoms with Crippen LogP contribution in [0, 0.1) is 0 Å². The van der Waals surface area contributed by atoms with Crippen LogP contribution in [0.15, 0.2) is 22.1 Å². The minimum atomic E-state index is -3.72. The average molecular weight is 286 g/mol. The lowest BCUT2D eigenvalue weighted by Crippen LogP contribution is -2.26. The van der Waals surface area contributed by atoms with Gasteiger partial charge in [-0.15, -0.1) is 8.78 Å². The normalized spacial score (nSPS) is 15.9. The first kappa shape index (κ1) is 12.2. The van der Waals surface area contributed by atoms with Crippen LogP contribution < -0.4 is 15.0 Å². The van der Waals surface area contributed by atoms with Gasteiger partial charge in [0.25, 0.3) is 5.56 Å². The predicted octanol–water partition coefficient (Wildman–Crippen LogP) is 2.36. The Balaban J connectivity index is 2.26. The van der Waals surface area contributed by atoms with Crippen LogP contribution >= 0.6 is 11.8 Å². The number of hydrogen-bond acceptors (Lipinski definition) is 5. The Morgan fingerprint density at radius 3 is 2.95 bits per heavy atom. The monoisotopic (exact) mass is 286 g/mol. The number of thioether (sulfide) groups is 1. The van der Waals surface area contributed by atoms with Gasteiger partial charge < -0.3 is 14.5 Å². The van der Waals surface area contributed by atoms with Crippen LogP contribution in [-0.4, -0.2) is 22.0 Å². The standard InChI is InChI=1S/C11H8F2N2O3S/c1-2-19-10-14-7-5(9(16)15-10)3-4-6-8(7)18-11(12,13)17-6/h3-4H,2H2,1H3,(H,14,15,16). The minimum absolute atomic E-state index is 0.0781. The molecule has 1 aliphatic rings. The van der Waals surface area contributed by atoms with E-state index in [4.69, 9.17) is 0 Å². The van der Waals surface area contributed by atoms with Crippen molar-refractivity contribution in [1.29, 1.82) is 0 Å². The molecular weight excluding hydrogens is 278 g/mol. The number of nitrogens with zero attached hydrogens (tertiary/aromatic N) is 1. The van der Waals surface area contributed by atoms with Gasteiger partial charge >= 0.3 is 6.29 Å². The summed E-state index contributed by atoms with van der Waals surface area (Å²) in [5, 5.41) is 0.535. The zero-order chi connectivity index (χ0) is 13.6. The highest BCUT2D eigenvalue weighted by molar-refractivity contribution is 7.99. The second-order valence-electron chi connectivity index (χ2n) is 3.76. The molecule has 0 amide bonds. The van der Waals surface area contributed by atoms with Gasteiger partial charge in [0.1, 0.15) is 5.52 Å². The second-order valence-corrected chi connectivity index (χ2v) is 5.01. The van der Waals surface area contributed by atoms with Crippen molar-refractivity contribution >= 4 is 22.7 Å². The first-order chi connectivity index (χ1) is 9.00. The summed E-state index contributed by atoms with van der Waals surface area (Å²) in [6, 6.07) is 2.65. The molecular formula is C11H8F2N2O3S. The third-order valence-electron chi connectivity index (χ3n) is 2.50. The Morgan fingerprint density at radius 1 is 1.42 bits per heavy atom. The van der Waals surface area contributed by atoms with E-state index in [-0.39, 0.29) is 22.4 Å². The number of aromatic amines is 1. The van der Waals surface area contributed by atoms with Crippen LogP contribution in [0.2, 0.25) is 0 Å². The number of fused-ring (bicyclic) bond motifs is 3. The van der Waals surface area contributed by atoms with Crippen molar-refractivity contribution < 1.29 is 18.3 Å². The molecule has 0 fully saturated rings. The average Bonchev–Trinajstić information content (AvgIpc) is 2.64. The molecule has 2 aromatic rings. The largest absolute Gasteiger partial charge is 0.586 e. The quantitative estimate of drug-likeness (QED) is 0.678. The summed E-state index contributed by atoms with van der Waals surface area (Å²) in [4.78, 5) is 18.6. The van der Waals surface area contributed by atoms with Gasteiger partial charge in [-0.2, -0.15) is 0 Å². The van der Waals surface area contributed by atoms with E-state index >= 15 is 0 Å². The van der Waals surface area contributed by atoms with Gasteiger partial charge in [-0.3, -0.25) is 4.79 Å². The molecule has 0 saturated carbocycles. The Morgan fingerprint density at radius 2 is 2.21 bits per heavy atom. The predicted molar refractivity (Wildman–Crippen MR) is 65.0 cm³/mol. The summed E-state index contributed by atoms with van der Waals surface area (Å²) in [7, 11) is 0. The highest BCUT2D eigenvalue weighted by Gasteiger charge is 2.44. The van der Waals surface area contributed by atoms with Crippen molar-refractivity contribution in [3.05, 3.63) is 22.5 Å². The topological polar surface area (TPSA) is 64.2 Å². The minimum Gasteiger partial charge on any atom is -0.395 e. The molecule has 0 atom stereocenters. The van der Waals surface area contributed by atoms with Crippen LogP contribution in [-0.2, 0) is 0 Å². The van der Waals surface area contributed by atoms with Gasteiger partial charge in [0.2, 0.25) is 0 Å². The van der Waals surface area contributed by atoms with Gasteiger partial charge in [-0.25, -0.2) is 4.98 Å². The number of aromatic nitrogens is 2. The zero-order valence-electron chi connectivity index (χ0n) is 9.70. The lowest BCUT2D eigenvalue weighted by Gasteiger charge is -2.05. The van der Waals surface area contributed by atoms with E-state index in [1.807, 2.05) is 6.92 Å². The van der Waals surface area contributed by atoms with Gasteiger partial charge in [-0.05, 0) is 17.9 Å². The van der Waals surface area contributed by atoms with E-state index in [0.717, 1.165) is 0 Å². The van der Waals surface area contributed by atoms with Crippen molar-refractivity contribution in [2.45, 2.75) is 18.4 Å². The molecule has 0 spiro atoms. The molecule has 1 N–H and O–H groups in total. The number of halogens is 2. The van der Waals surface area contributed by atoms with Crippen molar-refractivity contribution in [3.63, 3.8) is 0 Å². The fourth-order valence-corrected chi connectivity index (χ4v) is 2.39. The summed E-state index contributed by atoms with van der Waals surface area (Å²) < 4.78 is 34.8. The lowest BCUT2D eigenvalue weighted by atomic mass is 10.2. The van der Waals surface area contributed by atoms with Gasteiger partial charge in [0.15, 0.2) is 16.7 Å². The molecule has 1 aromatic carbocycles. The van der Waals surface area contributed by atoms with E-state index in [1.54, 1.807) is 0 Å². The van der Waals surface area contributed by atoms with Crippen LogP contribution in [0.3, 0.4) is 0 Å². The number of alkyl halides is 2. The summed E-state index contributed by atoms with van der Waals surface area (Å²) in [5.41, 5.74) is -0.322. The van der Waals surface area contributed by atoms with Crippen molar-refractivity contribution in [1.82, 2.24) is 9.97 Å². The Hall–Kier alpha value is -1.83. The maximum Gasteiger partial charge on any atom is 0.586 e. The summed E-state index contributed by atoms with van der Waals surface area (Å²) in [5.74, 6) is 0.367. The molecule has 2 heterocycles. The van der Waals surface area contributed by atoms with Crippen LogP contribution in [0.4, 0.5) is 8.78 Å². The summed E-state index contributed by atoms with van der Waals surface area (Å²) in [6.45, 7) is 1.89. The summed E-state index contributed by atoms with van der Waals surface area (Å²) >= 11 is 1.30. The molecule has 5 nitrogen and oxygen atoms in total. The SMILES string of the molecule is CCSc1nc2c3c(ccc2c(=O)[nH]1)OC(F)(F)O3. The molecule has 0 bridgehead atoms. The Labute approximate surface area is 109 Å². The molecule has 3 rings (SSSR count). The van der Waals surface area contributed by atoms with Crippen LogP contribution in [0.1, 0.15) is 6.92 Å². The summed E-state index contributed by atoms with van der Waals surface area (Å²) in [6.07, 6.45) is -3.72. The first-order valence-electron chi connectivity index (χ1n) is 5.46. The van der Waals surface area contributed by atoms with E-state index in [1.165, 1.54) is 23.9 Å². The highest BCUT2D eigenvalue weighted by atomic mass is 32.2. The first-order valence-corrected chi connectivity index (χ1v) is 6.44. The second kappa shape index (κ2) is 4.09. The molecule has 0 saturated heterocycles. The number of ether oxygens (including phenoxy) is 2. The van der Waals surface area contributed by atoms with Gasteiger partial charge in [0.05, 0.1) is 5.39 Å². The highest BCUT2D eigenvalue weighted by Crippen LogP contribution is 2.44. The zero-order valence-corrected chi connectivity index (χ0v) is 10.5. The number of rotatable bonds is 2. The lowest BCUT2D eigenvalue weighted by molar-refractivity contribution is -0.286. The molecule has 0 unspecified atom stereocenters. The van der Waals surface area contributed by atoms with E-state index < -0.39 is 11.9 Å². The maximum absolute atomic E-state index is 13.1. The van der Waals surface area contributed by atoms with Crippen LogP contribution in [0.5, 0.6) is 11.5 Å². The molecule has 1 aromatic heterocycles. The third kappa shape index (κ3) is 2.01. The molecule has 19 heavy (non-hydrogen) atoms. The number of nitrogens with one attached hydrogen (secondary N) is 1. The molecule has 0 aliphatic carbocycles. The van der Waals surface area contributed by atoms with Crippen LogP contribution in [0.25, 0.3) is 10.9 Å². The smallest absolute Gasteiger partial charge is 0.395 e. The van der Waals surface area contributed by atoms with Gasteiger partial charge in [-0.1, -0.05) is 18.7 Å². The van der Waals surface area contributed by atoms with E-state index in [9.17, 15) is 13.6 Å². The number of benzene rings is 1. The van der Waals surface area contributed by atoms with Crippen molar-refractivity contribution in [2.24, 2.45) is 0 Å². The molecule has 0 radical (unpaired) electrons. The third-order valence-corrected chi connectivity index (χ3v) is 3.26. The van der Waals surface area contributed by atoms with E-state index in [0.29, 0.717) is 10.9 Å². The van der Waals surface area contributed by atoms with Crippen molar-refractivity contribution in [3.8, 4) is 11.5 Å². The molecule has 1 aliphatic heterocycles. The Bertz CT molecular complexity index is 717. The van der Waals surface area contributed by atoms with Gasteiger partial charge in [0, 0.05) is 0 Å². The van der Waals surface area contributed by atoms with Crippen molar-refractivity contribution in [2.75, 3.05) is 5.75 Å². The number of H-pyrrole nitrogens is 1.